The Kier molecular flexibility index (Phi) is 3.78. The lowest BCUT2D eigenvalue weighted by molar-refractivity contribution is -0.319. The predicted octanol–water partition coefficient (Wildman–Crippen LogP) is -1.11. The number of ether oxygens (including phenoxy) is 1. The van der Waals surface area contributed by atoms with Crippen LogP contribution in [0.3, 0.4) is 0 Å². The van der Waals surface area contributed by atoms with Crippen LogP contribution in [0.25, 0.3) is 0 Å². The fourth-order valence-electron chi connectivity index (χ4n) is 2.34. The molecule has 1 aliphatic heterocycles. The Bertz CT molecular complexity index is 454. The Labute approximate surface area is 117 Å². The molecule has 1 heterocycles. The zero-order valence-electron chi connectivity index (χ0n) is 12.3. The number of carbonyl (C=O) groups excluding carboxylic acids is 3. The average Bonchev–Trinajstić information content (AvgIpc) is 2.51. The van der Waals surface area contributed by atoms with Crippen LogP contribution in [0.1, 0.15) is 41.0 Å². The topological polar surface area (TPSA) is 110 Å². The van der Waals surface area contributed by atoms with Crippen molar-refractivity contribution < 1.29 is 29.3 Å². The van der Waals surface area contributed by atoms with Gasteiger partial charge in [-0.15, -0.1) is 0 Å². The fourth-order valence-corrected chi connectivity index (χ4v) is 2.34. The molecule has 0 saturated carbocycles. The lowest BCUT2D eigenvalue weighted by Crippen LogP contribution is -2.57. The molecule has 2 atom stereocenters. The summed E-state index contributed by atoms with van der Waals surface area (Å²) in [5, 5.41) is 22.5. The molecule has 0 aromatic rings. The molecule has 0 bridgehead atoms. The lowest BCUT2D eigenvalue weighted by atomic mass is 9.83. The second-order valence-electron chi connectivity index (χ2n) is 6.65. The van der Waals surface area contributed by atoms with E-state index in [1.807, 2.05) is 0 Å². The van der Waals surface area contributed by atoms with Crippen molar-refractivity contribution in [3.8, 4) is 0 Å². The van der Waals surface area contributed by atoms with Crippen molar-refractivity contribution in [1.29, 1.82) is 0 Å². The summed E-state index contributed by atoms with van der Waals surface area (Å²) in [7, 11) is 0. The highest BCUT2D eigenvalue weighted by Gasteiger charge is 2.53. The summed E-state index contributed by atoms with van der Waals surface area (Å²) in [5.41, 5.74) is -4.01. The number of likely N-dealkylation sites (tertiary alicyclic amines) is 1. The molecule has 20 heavy (non-hydrogen) atoms. The first-order valence-electron chi connectivity index (χ1n) is 6.25. The van der Waals surface area contributed by atoms with E-state index < -0.39 is 34.6 Å². The standard InChI is InChI=1S/C13H21NO6/c1-11(2,3)20-10(19)14-7-12(4,8(15)16)6-13(14,5)9(17)18/h6-7H2,1-5H3,(H,15,16)(H,17,18)/p-2/t12-,13+/m1/s1. The molecule has 1 amide bonds. The van der Waals surface area contributed by atoms with E-state index in [-0.39, 0.29) is 13.0 Å². The molecule has 1 fully saturated rings. The molecule has 7 nitrogen and oxygen atoms in total. The summed E-state index contributed by atoms with van der Waals surface area (Å²) in [6.07, 6.45) is -1.17. The van der Waals surface area contributed by atoms with Crippen LogP contribution in [0.5, 0.6) is 0 Å². The van der Waals surface area contributed by atoms with Crippen molar-refractivity contribution in [2.45, 2.75) is 52.2 Å². The molecule has 0 aromatic carbocycles. The largest absolute Gasteiger partial charge is 0.549 e. The van der Waals surface area contributed by atoms with Gasteiger partial charge in [0.05, 0.1) is 11.5 Å². The number of aliphatic carboxylic acids is 2. The SMILES string of the molecule is CC(C)(C)OC(=O)N1C[C@](C)(C(=O)[O-])C[C@@]1(C)C(=O)[O-]. The van der Waals surface area contributed by atoms with Crippen LogP contribution in [-0.4, -0.2) is 40.6 Å². The van der Waals surface area contributed by atoms with Gasteiger partial charge in [-0.3, -0.25) is 4.90 Å². The molecule has 1 saturated heterocycles. The van der Waals surface area contributed by atoms with Gasteiger partial charge in [-0.1, -0.05) is 6.92 Å². The maximum absolute atomic E-state index is 12.1. The number of carboxylic acids is 2. The molecule has 0 aliphatic carbocycles. The zero-order chi connectivity index (χ0) is 15.9. The molecule has 0 radical (unpaired) electrons. The Balaban J connectivity index is 3.12. The molecule has 0 aromatic heterocycles. The second kappa shape index (κ2) is 4.64. The first-order chi connectivity index (χ1) is 8.82. The Hall–Kier alpha value is -1.79. The smallest absolute Gasteiger partial charge is 0.411 e. The van der Waals surface area contributed by atoms with Crippen molar-refractivity contribution in [2.24, 2.45) is 5.41 Å². The van der Waals surface area contributed by atoms with Crippen LogP contribution in [0, 0.1) is 5.41 Å². The van der Waals surface area contributed by atoms with E-state index in [0.29, 0.717) is 0 Å². The van der Waals surface area contributed by atoms with E-state index in [4.69, 9.17) is 4.74 Å². The molecule has 0 spiro atoms. The van der Waals surface area contributed by atoms with Crippen molar-refractivity contribution in [1.82, 2.24) is 4.90 Å². The van der Waals surface area contributed by atoms with Crippen molar-refractivity contribution in [2.75, 3.05) is 6.54 Å². The van der Waals surface area contributed by atoms with Crippen molar-refractivity contribution >= 4 is 18.0 Å². The number of nitrogens with zero attached hydrogens (tertiary/aromatic N) is 1. The first-order valence-corrected chi connectivity index (χ1v) is 6.25. The van der Waals surface area contributed by atoms with Crippen LogP contribution in [0.15, 0.2) is 0 Å². The molecule has 114 valence electrons. The van der Waals surface area contributed by atoms with E-state index in [1.165, 1.54) is 13.8 Å². The summed E-state index contributed by atoms with van der Waals surface area (Å²) < 4.78 is 5.12. The minimum Gasteiger partial charge on any atom is -0.549 e. The van der Waals surface area contributed by atoms with Gasteiger partial charge in [0.25, 0.3) is 0 Å². The van der Waals surface area contributed by atoms with Crippen LogP contribution >= 0.6 is 0 Å². The van der Waals surface area contributed by atoms with Crippen molar-refractivity contribution in [3.63, 3.8) is 0 Å². The maximum Gasteiger partial charge on any atom is 0.411 e. The van der Waals surface area contributed by atoms with Gasteiger partial charge in [0.15, 0.2) is 0 Å². The van der Waals surface area contributed by atoms with Gasteiger partial charge in [0.2, 0.25) is 0 Å². The summed E-state index contributed by atoms with van der Waals surface area (Å²) >= 11 is 0. The van der Waals surface area contributed by atoms with Crippen LogP contribution in [0.2, 0.25) is 0 Å². The highest BCUT2D eigenvalue weighted by molar-refractivity contribution is 5.87. The van der Waals surface area contributed by atoms with Gasteiger partial charge in [0.1, 0.15) is 5.60 Å². The number of amides is 1. The first kappa shape index (κ1) is 16.3. The van der Waals surface area contributed by atoms with Gasteiger partial charge in [-0.25, -0.2) is 4.79 Å². The van der Waals surface area contributed by atoms with E-state index in [1.54, 1.807) is 20.8 Å². The molecular weight excluding hydrogens is 266 g/mol. The third kappa shape index (κ3) is 2.86. The molecule has 0 N–H and O–H groups in total. The summed E-state index contributed by atoms with van der Waals surface area (Å²) in [4.78, 5) is 35.5. The minimum atomic E-state index is -1.74. The Morgan fingerprint density at radius 1 is 1.10 bits per heavy atom. The van der Waals surface area contributed by atoms with Crippen LogP contribution in [0.4, 0.5) is 4.79 Å². The normalized spacial score (nSPS) is 30.1. The number of hydrogen-bond acceptors (Lipinski definition) is 6. The zero-order valence-corrected chi connectivity index (χ0v) is 12.3. The van der Waals surface area contributed by atoms with Crippen LogP contribution in [-0.2, 0) is 14.3 Å². The molecule has 1 aliphatic rings. The van der Waals surface area contributed by atoms with E-state index in [0.717, 1.165) is 4.90 Å². The third-order valence-electron chi connectivity index (χ3n) is 3.38. The number of rotatable bonds is 2. The predicted molar refractivity (Wildman–Crippen MR) is 64.1 cm³/mol. The highest BCUT2D eigenvalue weighted by atomic mass is 16.6. The fraction of sp³-hybridized carbons (Fsp3) is 0.769. The van der Waals surface area contributed by atoms with Gasteiger partial charge in [-0.05, 0) is 34.1 Å². The monoisotopic (exact) mass is 285 g/mol. The van der Waals surface area contributed by atoms with Gasteiger partial charge >= 0.3 is 6.09 Å². The average molecular weight is 285 g/mol. The minimum absolute atomic E-state index is 0.288. The number of carboxylic acid groups (broad SMARTS) is 2. The molecular formula is C13H19NO6-2. The highest BCUT2D eigenvalue weighted by Crippen LogP contribution is 2.41. The van der Waals surface area contributed by atoms with Crippen molar-refractivity contribution in [3.05, 3.63) is 0 Å². The Morgan fingerprint density at radius 2 is 1.60 bits per heavy atom. The van der Waals surface area contributed by atoms with Gasteiger partial charge < -0.3 is 24.5 Å². The van der Waals surface area contributed by atoms with E-state index in [9.17, 15) is 24.6 Å². The molecule has 7 heteroatoms. The van der Waals surface area contributed by atoms with E-state index in [2.05, 4.69) is 0 Å². The summed E-state index contributed by atoms with van der Waals surface area (Å²) in [6, 6.07) is 0. The quantitative estimate of drug-likeness (QED) is 0.636. The summed E-state index contributed by atoms with van der Waals surface area (Å²) in [6.45, 7) is 7.20. The Morgan fingerprint density at radius 3 is 1.95 bits per heavy atom. The van der Waals surface area contributed by atoms with Gasteiger partial charge in [-0.2, -0.15) is 0 Å². The van der Waals surface area contributed by atoms with E-state index >= 15 is 0 Å². The third-order valence-corrected chi connectivity index (χ3v) is 3.38. The number of carbonyl (C=O) groups is 3. The molecule has 0 unspecified atom stereocenters. The maximum atomic E-state index is 12.1. The summed E-state index contributed by atoms with van der Waals surface area (Å²) in [5.74, 6) is -2.93. The van der Waals surface area contributed by atoms with Crippen LogP contribution < -0.4 is 10.2 Å². The molecule has 1 rings (SSSR count). The second-order valence-corrected chi connectivity index (χ2v) is 6.65. The van der Waals surface area contributed by atoms with Gasteiger partial charge in [0, 0.05) is 17.9 Å². The number of hydrogen-bond donors (Lipinski definition) is 0. The lowest BCUT2D eigenvalue weighted by Gasteiger charge is -2.36.